The molecular formula is C24H41N3S. The van der Waals surface area contributed by atoms with Crippen LogP contribution < -0.4 is 4.90 Å². The van der Waals surface area contributed by atoms with Gasteiger partial charge in [0.15, 0.2) is 5.13 Å². The molecule has 0 spiro atoms. The molecule has 4 rings (SSSR count). The van der Waals surface area contributed by atoms with E-state index in [2.05, 4.69) is 57.0 Å². The largest absolute Gasteiger partial charge is 0.348 e. The Morgan fingerprint density at radius 3 is 2.25 bits per heavy atom. The summed E-state index contributed by atoms with van der Waals surface area (Å²) in [6.07, 6.45) is 9.40. The summed E-state index contributed by atoms with van der Waals surface area (Å²) < 4.78 is 0. The molecule has 1 aliphatic heterocycles. The number of anilines is 1. The predicted octanol–water partition coefficient (Wildman–Crippen LogP) is 6.02. The zero-order valence-corrected chi connectivity index (χ0v) is 19.8. The van der Waals surface area contributed by atoms with Crippen molar-refractivity contribution in [1.29, 1.82) is 0 Å². The van der Waals surface area contributed by atoms with E-state index in [0.717, 1.165) is 31.0 Å². The van der Waals surface area contributed by atoms with E-state index in [9.17, 15) is 0 Å². The molecule has 0 aromatic carbocycles. The van der Waals surface area contributed by atoms with Gasteiger partial charge in [-0.05, 0) is 81.7 Å². The van der Waals surface area contributed by atoms with Gasteiger partial charge in [-0.1, -0.05) is 27.7 Å². The van der Waals surface area contributed by atoms with Crippen molar-refractivity contribution in [2.24, 2.45) is 22.7 Å². The quantitative estimate of drug-likeness (QED) is 0.615. The third-order valence-corrected chi connectivity index (χ3v) is 9.58. The van der Waals surface area contributed by atoms with Crippen LogP contribution in [0.15, 0.2) is 5.38 Å². The summed E-state index contributed by atoms with van der Waals surface area (Å²) in [5.41, 5.74) is 2.41. The fourth-order valence-electron chi connectivity index (χ4n) is 6.44. The summed E-state index contributed by atoms with van der Waals surface area (Å²) >= 11 is 1.89. The van der Waals surface area contributed by atoms with Crippen LogP contribution in [0.2, 0.25) is 0 Å². The van der Waals surface area contributed by atoms with E-state index in [1.807, 2.05) is 11.3 Å². The Balaban J connectivity index is 1.44. The van der Waals surface area contributed by atoms with Crippen LogP contribution in [0.4, 0.5) is 5.13 Å². The number of rotatable bonds is 3. The standard InChI is InChI=1S/C24H41N3S/c1-23(2)11-12-24(3,4)20-15-17(7-8-19(20)23)21-16-28-22(25-21)27-13-9-18(10-14-27)26(5)6/h16-20H,7-15H2,1-6H3. The van der Waals surface area contributed by atoms with Gasteiger partial charge in [-0.15, -0.1) is 11.3 Å². The van der Waals surface area contributed by atoms with Gasteiger partial charge in [-0.3, -0.25) is 0 Å². The van der Waals surface area contributed by atoms with E-state index in [1.165, 1.54) is 55.8 Å². The molecule has 2 saturated carbocycles. The molecule has 3 fully saturated rings. The lowest BCUT2D eigenvalue weighted by Crippen LogP contribution is -2.47. The highest BCUT2D eigenvalue weighted by atomic mass is 32.1. The maximum atomic E-state index is 5.18. The molecule has 0 N–H and O–H groups in total. The minimum atomic E-state index is 0.492. The van der Waals surface area contributed by atoms with Gasteiger partial charge >= 0.3 is 0 Å². The zero-order chi connectivity index (χ0) is 20.1. The molecule has 3 nitrogen and oxygen atoms in total. The van der Waals surface area contributed by atoms with Gasteiger partial charge in [-0.2, -0.15) is 0 Å². The molecule has 3 atom stereocenters. The van der Waals surface area contributed by atoms with E-state index in [-0.39, 0.29) is 0 Å². The van der Waals surface area contributed by atoms with E-state index in [0.29, 0.717) is 16.7 Å². The topological polar surface area (TPSA) is 19.4 Å². The molecule has 3 aliphatic rings. The summed E-state index contributed by atoms with van der Waals surface area (Å²) in [4.78, 5) is 10.1. The monoisotopic (exact) mass is 403 g/mol. The third-order valence-electron chi connectivity index (χ3n) is 8.66. The minimum Gasteiger partial charge on any atom is -0.348 e. The summed E-state index contributed by atoms with van der Waals surface area (Å²) in [6.45, 7) is 12.4. The molecule has 1 aromatic heterocycles. The number of aromatic nitrogens is 1. The molecule has 0 amide bonds. The lowest BCUT2D eigenvalue weighted by atomic mass is 9.49. The number of hydrogen-bond donors (Lipinski definition) is 0. The molecule has 3 unspecified atom stereocenters. The number of nitrogens with zero attached hydrogens (tertiary/aromatic N) is 3. The average molecular weight is 404 g/mol. The van der Waals surface area contributed by atoms with Gasteiger partial charge in [0, 0.05) is 30.4 Å². The first-order chi connectivity index (χ1) is 13.2. The zero-order valence-electron chi connectivity index (χ0n) is 19.0. The van der Waals surface area contributed by atoms with Crippen molar-refractivity contribution in [3.8, 4) is 0 Å². The Morgan fingerprint density at radius 1 is 0.964 bits per heavy atom. The molecule has 158 valence electrons. The van der Waals surface area contributed by atoms with Crippen molar-refractivity contribution in [2.75, 3.05) is 32.1 Å². The second-order valence-corrected chi connectivity index (χ2v) is 12.3. The average Bonchev–Trinajstić information content (AvgIpc) is 3.15. The van der Waals surface area contributed by atoms with Crippen molar-refractivity contribution in [3.63, 3.8) is 0 Å². The first kappa shape index (κ1) is 20.7. The van der Waals surface area contributed by atoms with Gasteiger partial charge in [0.25, 0.3) is 0 Å². The fraction of sp³-hybridized carbons (Fsp3) is 0.875. The number of piperidine rings is 1. The highest BCUT2D eigenvalue weighted by Crippen LogP contribution is 2.59. The van der Waals surface area contributed by atoms with E-state index in [1.54, 1.807) is 0 Å². The van der Waals surface area contributed by atoms with Crippen LogP contribution >= 0.6 is 11.3 Å². The maximum absolute atomic E-state index is 5.18. The van der Waals surface area contributed by atoms with E-state index < -0.39 is 0 Å². The van der Waals surface area contributed by atoms with E-state index in [4.69, 9.17) is 4.98 Å². The van der Waals surface area contributed by atoms with Crippen molar-refractivity contribution in [3.05, 3.63) is 11.1 Å². The van der Waals surface area contributed by atoms with Crippen molar-refractivity contribution >= 4 is 16.5 Å². The Morgan fingerprint density at radius 2 is 1.61 bits per heavy atom. The first-order valence-electron chi connectivity index (χ1n) is 11.5. The van der Waals surface area contributed by atoms with Crippen molar-refractivity contribution < 1.29 is 0 Å². The number of hydrogen-bond acceptors (Lipinski definition) is 4. The maximum Gasteiger partial charge on any atom is 0.185 e. The summed E-state index contributed by atoms with van der Waals surface area (Å²) in [5, 5.41) is 3.66. The highest BCUT2D eigenvalue weighted by molar-refractivity contribution is 7.13. The molecule has 1 aromatic rings. The van der Waals surface area contributed by atoms with Gasteiger partial charge in [0.2, 0.25) is 0 Å². The molecular weight excluding hydrogens is 362 g/mol. The highest BCUT2D eigenvalue weighted by Gasteiger charge is 2.50. The molecule has 2 aliphatic carbocycles. The summed E-state index contributed by atoms with van der Waals surface area (Å²) in [6, 6.07) is 0.739. The van der Waals surface area contributed by atoms with Crippen molar-refractivity contribution in [2.45, 2.75) is 84.6 Å². The van der Waals surface area contributed by atoms with Crippen LogP contribution in [-0.2, 0) is 0 Å². The lowest BCUT2D eigenvalue weighted by molar-refractivity contribution is -0.0501. The SMILES string of the molecule is CN(C)C1CCN(c2nc(C3CCC4C(C3)C(C)(C)CCC4(C)C)cs2)CC1. The normalized spacial score (nSPS) is 33.1. The van der Waals surface area contributed by atoms with Crippen LogP contribution in [0.25, 0.3) is 0 Å². The van der Waals surface area contributed by atoms with Gasteiger partial charge in [-0.25, -0.2) is 4.98 Å². The van der Waals surface area contributed by atoms with Gasteiger partial charge in [0.1, 0.15) is 0 Å². The predicted molar refractivity (Wildman–Crippen MR) is 121 cm³/mol. The van der Waals surface area contributed by atoms with Crippen LogP contribution in [0.5, 0.6) is 0 Å². The number of thiazole rings is 1. The first-order valence-corrected chi connectivity index (χ1v) is 12.4. The molecule has 28 heavy (non-hydrogen) atoms. The number of fused-ring (bicyclic) bond motifs is 1. The summed E-state index contributed by atoms with van der Waals surface area (Å²) in [7, 11) is 4.43. The molecule has 4 heteroatoms. The lowest BCUT2D eigenvalue weighted by Gasteiger charge is -2.55. The van der Waals surface area contributed by atoms with Crippen LogP contribution in [0, 0.1) is 22.7 Å². The molecule has 2 heterocycles. The van der Waals surface area contributed by atoms with E-state index >= 15 is 0 Å². The van der Waals surface area contributed by atoms with Crippen LogP contribution in [0.3, 0.4) is 0 Å². The Hall–Kier alpha value is -0.610. The van der Waals surface area contributed by atoms with Gasteiger partial charge in [0.05, 0.1) is 5.69 Å². The molecule has 1 saturated heterocycles. The second kappa shape index (κ2) is 7.58. The fourth-order valence-corrected chi connectivity index (χ4v) is 7.40. The molecule has 0 radical (unpaired) electrons. The Bertz CT molecular complexity index is 669. The third kappa shape index (κ3) is 3.88. The van der Waals surface area contributed by atoms with Crippen LogP contribution in [-0.4, -0.2) is 43.1 Å². The second-order valence-electron chi connectivity index (χ2n) is 11.4. The Kier molecular flexibility index (Phi) is 5.59. The molecule has 0 bridgehead atoms. The Labute approximate surface area is 176 Å². The summed E-state index contributed by atoms with van der Waals surface area (Å²) in [5.74, 6) is 2.44. The van der Waals surface area contributed by atoms with Gasteiger partial charge < -0.3 is 9.80 Å². The van der Waals surface area contributed by atoms with Crippen LogP contribution in [0.1, 0.15) is 84.3 Å². The smallest absolute Gasteiger partial charge is 0.185 e. The van der Waals surface area contributed by atoms with Crippen molar-refractivity contribution in [1.82, 2.24) is 9.88 Å². The minimum absolute atomic E-state index is 0.492.